The van der Waals surface area contributed by atoms with Crippen LogP contribution >= 0.6 is 0 Å². The molecule has 0 radical (unpaired) electrons. The molecule has 0 bridgehead atoms. The van der Waals surface area contributed by atoms with Crippen LogP contribution in [0.2, 0.25) is 0 Å². The van der Waals surface area contributed by atoms with Crippen molar-refractivity contribution in [1.29, 1.82) is 0 Å². The Kier molecular flexibility index (Phi) is 5.40. The summed E-state index contributed by atoms with van der Waals surface area (Å²) in [4.78, 5) is 15.1. The number of carbonyl (C=O) groups is 1. The van der Waals surface area contributed by atoms with Crippen LogP contribution in [-0.4, -0.2) is 30.6 Å². The van der Waals surface area contributed by atoms with Gasteiger partial charge in [0, 0.05) is 6.54 Å². The van der Waals surface area contributed by atoms with Gasteiger partial charge in [0.15, 0.2) is 0 Å². The molecule has 2 unspecified atom stereocenters. The van der Waals surface area contributed by atoms with Crippen molar-refractivity contribution in [1.82, 2.24) is 10.2 Å². The smallest absolute Gasteiger partial charge is 0.318 e. The minimum absolute atomic E-state index is 0.0122. The normalized spacial score (nSPS) is 24.5. The van der Waals surface area contributed by atoms with E-state index in [0.29, 0.717) is 13.2 Å². The van der Waals surface area contributed by atoms with Crippen molar-refractivity contribution in [3.8, 4) is 0 Å². The number of amides is 2. The minimum Gasteiger partial charge on any atom is -0.368 e. The van der Waals surface area contributed by atoms with Gasteiger partial charge in [0.2, 0.25) is 0 Å². The lowest BCUT2D eigenvalue weighted by molar-refractivity contribution is -0.0438. The second-order valence-electron chi connectivity index (χ2n) is 8.26. The van der Waals surface area contributed by atoms with Gasteiger partial charge in [-0.1, -0.05) is 54.1 Å². The highest BCUT2D eigenvalue weighted by molar-refractivity contribution is 5.75. The fourth-order valence-electron chi connectivity index (χ4n) is 4.52. The Labute approximate surface area is 167 Å². The second-order valence-corrected chi connectivity index (χ2v) is 8.26. The number of nitrogens with one attached hydrogen (secondary N) is 1. The molecule has 148 valence electrons. The van der Waals surface area contributed by atoms with E-state index < -0.39 is 5.60 Å². The highest BCUT2D eigenvalue weighted by Crippen LogP contribution is 2.33. The predicted octanol–water partition coefficient (Wildman–Crippen LogP) is 4.72. The number of carbonyl (C=O) groups excluding carboxylic acids is 1. The van der Waals surface area contributed by atoms with Crippen LogP contribution < -0.4 is 5.32 Å². The van der Waals surface area contributed by atoms with Gasteiger partial charge in [0.1, 0.15) is 5.60 Å². The predicted molar refractivity (Wildman–Crippen MR) is 111 cm³/mol. The van der Waals surface area contributed by atoms with Gasteiger partial charge in [-0.3, -0.25) is 0 Å². The zero-order chi connectivity index (χ0) is 19.6. The number of fused-ring (bicyclic) bond motifs is 1. The van der Waals surface area contributed by atoms with Gasteiger partial charge in [-0.25, -0.2) is 4.79 Å². The molecule has 2 atom stereocenters. The van der Waals surface area contributed by atoms with Crippen molar-refractivity contribution in [2.45, 2.75) is 51.2 Å². The summed E-state index contributed by atoms with van der Waals surface area (Å²) in [6.45, 7) is 6.16. The standard InChI is InChI=1S/C24H30N2O2/c1-18-10-12-20(13-11-18)22-9-5-6-15-26(22)23(27)25-17-24(2)21-8-4-3-7-19(21)14-16-28-24/h3-4,7-8,10-13,22H,5-6,9,14-17H2,1-2H3,(H,25,27). The number of hydrogen-bond donors (Lipinski definition) is 1. The van der Waals surface area contributed by atoms with Crippen molar-refractivity contribution in [2.24, 2.45) is 0 Å². The fourth-order valence-corrected chi connectivity index (χ4v) is 4.52. The largest absolute Gasteiger partial charge is 0.368 e. The molecule has 2 amide bonds. The first kappa shape index (κ1) is 19.0. The first-order chi connectivity index (χ1) is 13.6. The van der Waals surface area contributed by atoms with Crippen molar-refractivity contribution in [2.75, 3.05) is 19.7 Å². The molecule has 0 aromatic heterocycles. The van der Waals surface area contributed by atoms with Crippen LogP contribution in [0.4, 0.5) is 4.79 Å². The van der Waals surface area contributed by atoms with Gasteiger partial charge in [0.25, 0.3) is 0 Å². The Morgan fingerprint density at radius 3 is 2.79 bits per heavy atom. The van der Waals surface area contributed by atoms with Gasteiger partial charge in [-0.05, 0) is 56.2 Å². The summed E-state index contributed by atoms with van der Waals surface area (Å²) in [7, 11) is 0. The summed E-state index contributed by atoms with van der Waals surface area (Å²) in [5, 5.41) is 3.18. The Balaban J connectivity index is 1.47. The number of aryl methyl sites for hydroxylation is 1. The van der Waals surface area contributed by atoms with Crippen molar-refractivity contribution in [3.63, 3.8) is 0 Å². The van der Waals surface area contributed by atoms with Crippen LogP contribution in [0.3, 0.4) is 0 Å². The van der Waals surface area contributed by atoms with Gasteiger partial charge < -0.3 is 15.0 Å². The number of hydrogen-bond acceptors (Lipinski definition) is 2. The quantitative estimate of drug-likeness (QED) is 0.840. The lowest BCUT2D eigenvalue weighted by Crippen LogP contribution is -2.50. The van der Waals surface area contributed by atoms with Gasteiger partial charge in [-0.2, -0.15) is 0 Å². The van der Waals surface area contributed by atoms with Crippen LogP contribution in [0.5, 0.6) is 0 Å². The molecule has 4 heteroatoms. The maximum atomic E-state index is 13.1. The van der Waals surface area contributed by atoms with E-state index in [1.54, 1.807) is 0 Å². The van der Waals surface area contributed by atoms with E-state index in [1.807, 2.05) is 11.0 Å². The summed E-state index contributed by atoms with van der Waals surface area (Å²) in [5.74, 6) is 0. The average molecular weight is 379 g/mol. The molecule has 1 fully saturated rings. The minimum atomic E-state index is -0.473. The van der Waals surface area contributed by atoms with E-state index >= 15 is 0 Å². The lowest BCUT2D eigenvalue weighted by atomic mass is 9.87. The van der Waals surface area contributed by atoms with Crippen molar-refractivity contribution < 1.29 is 9.53 Å². The van der Waals surface area contributed by atoms with E-state index in [-0.39, 0.29) is 12.1 Å². The van der Waals surface area contributed by atoms with Crippen molar-refractivity contribution >= 4 is 6.03 Å². The molecule has 2 aromatic rings. The molecular weight excluding hydrogens is 348 g/mol. The van der Waals surface area contributed by atoms with E-state index in [9.17, 15) is 4.79 Å². The maximum absolute atomic E-state index is 13.1. The summed E-state index contributed by atoms with van der Waals surface area (Å²) < 4.78 is 6.12. The van der Waals surface area contributed by atoms with Crippen LogP contribution in [0.1, 0.15) is 54.5 Å². The monoisotopic (exact) mass is 378 g/mol. The van der Waals surface area contributed by atoms with Crippen LogP contribution in [0, 0.1) is 6.92 Å². The van der Waals surface area contributed by atoms with Gasteiger partial charge in [-0.15, -0.1) is 0 Å². The molecule has 2 aliphatic rings. The summed E-state index contributed by atoms with van der Waals surface area (Å²) in [6, 6.07) is 17.2. The highest BCUT2D eigenvalue weighted by atomic mass is 16.5. The number of ether oxygens (including phenoxy) is 1. The molecular formula is C24H30N2O2. The first-order valence-electron chi connectivity index (χ1n) is 10.4. The number of benzene rings is 2. The highest BCUT2D eigenvalue weighted by Gasteiger charge is 2.35. The van der Waals surface area contributed by atoms with Crippen LogP contribution in [0.25, 0.3) is 0 Å². The molecule has 2 aromatic carbocycles. The molecule has 1 N–H and O–H groups in total. The number of likely N-dealkylation sites (tertiary alicyclic amines) is 1. The molecule has 2 aliphatic heterocycles. The molecule has 0 spiro atoms. The maximum Gasteiger partial charge on any atom is 0.318 e. The molecule has 4 rings (SSSR count). The van der Waals surface area contributed by atoms with E-state index in [2.05, 4.69) is 61.6 Å². The zero-order valence-electron chi connectivity index (χ0n) is 16.9. The molecule has 1 saturated heterocycles. The fraction of sp³-hybridized carbons (Fsp3) is 0.458. The Morgan fingerprint density at radius 1 is 1.18 bits per heavy atom. The summed E-state index contributed by atoms with van der Waals surface area (Å²) >= 11 is 0. The second kappa shape index (κ2) is 7.96. The summed E-state index contributed by atoms with van der Waals surface area (Å²) in [6.07, 6.45) is 4.18. The van der Waals surface area contributed by atoms with E-state index in [1.165, 1.54) is 22.3 Å². The van der Waals surface area contributed by atoms with Crippen LogP contribution in [-0.2, 0) is 16.8 Å². The van der Waals surface area contributed by atoms with E-state index in [4.69, 9.17) is 4.74 Å². The molecule has 0 saturated carbocycles. The van der Waals surface area contributed by atoms with Gasteiger partial charge >= 0.3 is 6.03 Å². The first-order valence-corrected chi connectivity index (χ1v) is 10.4. The number of nitrogens with zero attached hydrogens (tertiary/aromatic N) is 1. The van der Waals surface area contributed by atoms with Crippen LogP contribution in [0.15, 0.2) is 48.5 Å². The SMILES string of the molecule is Cc1ccc(C2CCCCN2C(=O)NCC2(C)OCCc3ccccc32)cc1. The zero-order valence-corrected chi connectivity index (χ0v) is 16.9. The topological polar surface area (TPSA) is 41.6 Å². The van der Waals surface area contributed by atoms with E-state index in [0.717, 1.165) is 32.2 Å². The van der Waals surface area contributed by atoms with Gasteiger partial charge in [0.05, 0.1) is 19.2 Å². The molecule has 0 aliphatic carbocycles. The number of rotatable bonds is 3. The third kappa shape index (κ3) is 3.79. The van der Waals surface area contributed by atoms with Crippen molar-refractivity contribution in [3.05, 3.63) is 70.8 Å². The Bertz CT molecular complexity index is 833. The molecule has 28 heavy (non-hydrogen) atoms. The lowest BCUT2D eigenvalue weighted by Gasteiger charge is -2.39. The third-order valence-electron chi connectivity index (χ3n) is 6.18. The number of piperidine rings is 1. The average Bonchev–Trinajstić information content (AvgIpc) is 2.73. The summed E-state index contributed by atoms with van der Waals surface area (Å²) in [5.41, 5.74) is 4.51. The number of urea groups is 1. The Hall–Kier alpha value is -2.33. The molecule has 2 heterocycles. The Morgan fingerprint density at radius 2 is 1.96 bits per heavy atom. The third-order valence-corrected chi connectivity index (χ3v) is 6.18. The molecule has 4 nitrogen and oxygen atoms in total.